The monoisotopic (exact) mass is 435 g/mol. The van der Waals surface area contributed by atoms with E-state index in [0.29, 0.717) is 12.2 Å². The number of hydrogen-bond donors (Lipinski definition) is 0. The van der Waals surface area contributed by atoms with Crippen molar-refractivity contribution in [1.82, 2.24) is 19.7 Å². The van der Waals surface area contributed by atoms with E-state index in [2.05, 4.69) is 36.0 Å². The third kappa shape index (κ3) is 4.97. The van der Waals surface area contributed by atoms with Gasteiger partial charge < -0.3 is 4.90 Å². The summed E-state index contributed by atoms with van der Waals surface area (Å²) < 4.78 is 2.92. The summed E-state index contributed by atoms with van der Waals surface area (Å²) in [5.74, 6) is -0.0513. The minimum Gasteiger partial charge on any atom is -0.308 e. The summed E-state index contributed by atoms with van der Waals surface area (Å²) in [5, 5.41) is 5.25. The molecule has 6 nitrogen and oxygen atoms in total. The SMILES string of the molecule is Cc1cc(C)c2nc(N(CCN(C)C)C(=O)c3cc(C)nn3C(C)C)sc2c1.Cl. The van der Waals surface area contributed by atoms with Crippen LogP contribution in [0.1, 0.15) is 47.2 Å². The highest BCUT2D eigenvalue weighted by Crippen LogP contribution is 2.32. The van der Waals surface area contributed by atoms with Crippen molar-refractivity contribution in [2.24, 2.45) is 0 Å². The highest BCUT2D eigenvalue weighted by Gasteiger charge is 2.26. The number of likely N-dealkylation sites (N-methyl/N-ethyl adjacent to an activating group) is 1. The second-order valence-corrected chi connectivity index (χ2v) is 8.90. The van der Waals surface area contributed by atoms with E-state index in [1.807, 2.05) is 45.6 Å². The van der Waals surface area contributed by atoms with Crippen LogP contribution < -0.4 is 4.90 Å². The average Bonchev–Trinajstić information content (AvgIpc) is 3.18. The molecule has 1 amide bonds. The lowest BCUT2D eigenvalue weighted by Gasteiger charge is -2.22. The summed E-state index contributed by atoms with van der Waals surface area (Å²) in [4.78, 5) is 22.3. The lowest BCUT2D eigenvalue weighted by atomic mass is 10.1. The van der Waals surface area contributed by atoms with Gasteiger partial charge in [-0.15, -0.1) is 12.4 Å². The number of aryl methyl sites for hydroxylation is 3. The number of carbonyl (C=O) groups excluding carboxylic acids is 1. The molecule has 0 aliphatic rings. The number of benzene rings is 1. The lowest BCUT2D eigenvalue weighted by Crippen LogP contribution is -2.38. The van der Waals surface area contributed by atoms with Gasteiger partial charge in [-0.3, -0.25) is 14.4 Å². The minimum absolute atomic E-state index is 0. The molecule has 158 valence electrons. The maximum atomic E-state index is 13.5. The van der Waals surface area contributed by atoms with Gasteiger partial charge in [0, 0.05) is 19.1 Å². The molecule has 0 aliphatic heterocycles. The predicted molar refractivity (Wildman–Crippen MR) is 124 cm³/mol. The fourth-order valence-corrected chi connectivity index (χ4v) is 4.43. The van der Waals surface area contributed by atoms with Crippen LogP contribution in [0.3, 0.4) is 0 Å². The van der Waals surface area contributed by atoms with E-state index in [1.165, 1.54) is 5.56 Å². The number of thiazole rings is 1. The highest BCUT2D eigenvalue weighted by atomic mass is 35.5. The molecule has 0 radical (unpaired) electrons. The van der Waals surface area contributed by atoms with Crippen LogP contribution in [-0.2, 0) is 0 Å². The van der Waals surface area contributed by atoms with Crippen molar-refractivity contribution in [3.63, 3.8) is 0 Å². The molecule has 0 fully saturated rings. The summed E-state index contributed by atoms with van der Waals surface area (Å²) in [6.45, 7) is 11.5. The Hall–Kier alpha value is -1.96. The number of aromatic nitrogens is 3. The maximum Gasteiger partial charge on any atom is 0.278 e. The first-order valence-corrected chi connectivity index (χ1v) is 10.4. The molecule has 2 aromatic heterocycles. The number of fused-ring (bicyclic) bond motifs is 1. The quantitative estimate of drug-likeness (QED) is 0.566. The first kappa shape index (κ1) is 23.3. The smallest absolute Gasteiger partial charge is 0.278 e. The minimum atomic E-state index is -0.0513. The Balaban J connectivity index is 0.00000300. The molecule has 3 rings (SSSR count). The highest BCUT2D eigenvalue weighted by molar-refractivity contribution is 7.22. The number of halogens is 1. The normalized spacial score (nSPS) is 11.3. The van der Waals surface area contributed by atoms with Crippen LogP contribution in [0.5, 0.6) is 0 Å². The topological polar surface area (TPSA) is 54.3 Å². The summed E-state index contributed by atoms with van der Waals surface area (Å²) in [6.07, 6.45) is 0. The van der Waals surface area contributed by atoms with Crippen LogP contribution >= 0.6 is 23.7 Å². The van der Waals surface area contributed by atoms with Crippen LogP contribution in [0.25, 0.3) is 10.2 Å². The molecule has 3 aromatic rings. The van der Waals surface area contributed by atoms with E-state index in [0.717, 1.165) is 33.2 Å². The van der Waals surface area contributed by atoms with Crippen LogP contribution in [0.15, 0.2) is 18.2 Å². The zero-order valence-electron chi connectivity index (χ0n) is 18.2. The molecule has 8 heteroatoms. The fraction of sp³-hybridized carbons (Fsp3) is 0.476. The van der Waals surface area contributed by atoms with Gasteiger partial charge in [0.1, 0.15) is 5.69 Å². The second-order valence-electron chi connectivity index (χ2n) is 7.89. The molecule has 0 saturated carbocycles. The average molecular weight is 436 g/mol. The third-order valence-corrected chi connectivity index (χ3v) is 5.66. The van der Waals surface area contributed by atoms with E-state index in [-0.39, 0.29) is 24.4 Å². The van der Waals surface area contributed by atoms with Gasteiger partial charge in [-0.2, -0.15) is 5.10 Å². The van der Waals surface area contributed by atoms with Crippen molar-refractivity contribution in [1.29, 1.82) is 0 Å². The van der Waals surface area contributed by atoms with Crippen LogP contribution in [-0.4, -0.2) is 52.8 Å². The van der Waals surface area contributed by atoms with E-state index < -0.39 is 0 Å². The Bertz CT molecular complexity index is 1010. The number of rotatable bonds is 6. The summed E-state index contributed by atoms with van der Waals surface area (Å²) in [5.41, 5.74) is 4.78. The van der Waals surface area contributed by atoms with E-state index in [1.54, 1.807) is 16.2 Å². The molecule has 0 bridgehead atoms. The van der Waals surface area contributed by atoms with Crippen molar-refractivity contribution in [3.05, 3.63) is 40.7 Å². The van der Waals surface area contributed by atoms with Crippen molar-refractivity contribution >= 4 is 45.0 Å². The van der Waals surface area contributed by atoms with Gasteiger partial charge in [0.15, 0.2) is 5.13 Å². The summed E-state index contributed by atoms with van der Waals surface area (Å²) in [7, 11) is 4.02. The van der Waals surface area contributed by atoms with Gasteiger partial charge in [0.25, 0.3) is 5.91 Å². The molecule has 0 spiro atoms. The van der Waals surface area contributed by atoms with Gasteiger partial charge in [-0.1, -0.05) is 17.4 Å². The number of hydrogen-bond acceptors (Lipinski definition) is 5. The first-order valence-electron chi connectivity index (χ1n) is 9.58. The molecular formula is C21H30ClN5OS. The lowest BCUT2D eigenvalue weighted by molar-refractivity contribution is 0.0973. The van der Waals surface area contributed by atoms with Gasteiger partial charge in [-0.25, -0.2) is 4.98 Å². The zero-order valence-corrected chi connectivity index (χ0v) is 19.8. The van der Waals surface area contributed by atoms with E-state index in [4.69, 9.17) is 4.98 Å². The number of nitrogens with zero attached hydrogens (tertiary/aromatic N) is 5. The Morgan fingerprint density at radius 2 is 1.83 bits per heavy atom. The van der Waals surface area contributed by atoms with Gasteiger partial charge in [0.05, 0.1) is 15.9 Å². The third-order valence-electron chi connectivity index (χ3n) is 4.63. The largest absolute Gasteiger partial charge is 0.308 e. The van der Waals surface area contributed by atoms with Gasteiger partial charge in [-0.05, 0) is 72.0 Å². The zero-order chi connectivity index (χ0) is 20.6. The van der Waals surface area contributed by atoms with Gasteiger partial charge >= 0.3 is 0 Å². The van der Waals surface area contributed by atoms with E-state index >= 15 is 0 Å². The number of carbonyl (C=O) groups is 1. The standard InChI is InChI=1S/C21H29N5OS.ClH/c1-13(2)26-17(12-16(5)23-26)20(27)25(9-8-24(6)7)21-22-19-15(4)10-14(3)11-18(19)28-21;/h10-13H,8-9H2,1-7H3;1H. The molecular weight excluding hydrogens is 406 g/mol. The molecule has 0 aliphatic carbocycles. The van der Waals surface area contributed by atoms with Crippen molar-refractivity contribution in [3.8, 4) is 0 Å². The molecule has 0 atom stereocenters. The number of anilines is 1. The summed E-state index contributed by atoms with van der Waals surface area (Å²) in [6, 6.07) is 6.26. The molecule has 1 aromatic carbocycles. The van der Waals surface area contributed by atoms with E-state index in [9.17, 15) is 4.79 Å². The van der Waals surface area contributed by atoms with Crippen molar-refractivity contribution in [2.45, 2.75) is 40.7 Å². The van der Waals surface area contributed by atoms with Gasteiger partial charge in [0.2, 0.25) is 0 Å². The number of amides is 1. The first-order chi connectivity index (χ1) is 13.2. The van der Waals surface area contributed by atoms with Crippen molar-refractivity contribution in [2.75, 3.05) is 32.1 Å². The maximum absolute atomic E-state index is 13.5. The Morgan fingerprint density at radius 3 is 2.45 bits per heavy atom. The second kappa shape index (κ2) is 9.24. The molecule has 0 saturated heterocycles. The molecule has 2 heterocycles. The Labute approximate surface area is 182 Å². The van der Waals surface area contributed by atoms with Crippen molar-refractivity contribution < 1.29 is 4.79 Å². The van der Waals surface area contributed by atoms with Crippen LogP contribution in [0, 0.1) is 20.8 Å². The summed E-state index contributed by atoms with van der Waals surface area (Å²) >= 11 is 1.58. The molecule has 0 unspecified atom stereocenters. The molecule has 0 N–H and O–H groups in total. The van der Waals surface area contributed by atoms with Crippen LogP contribution in [0.2, 0.25) is 0 Å². The fourth-order valence-electron chi connectivity index (χ4n) is 3.27. The Morgan fingerprint density at radius 1 is 1.14 bits per heavy atom. The van der Waals surface area contributed by atoms with Crippen LogP contribution in [0.4, 0.5) is 5.13 Å². The molecule has 29 heavy (non-hydrogen) atoms. The predicted octanol–water partition coefficient (Wildman–Crippen LogP) is 4.63. The Kier molecular flexibility index (Phi) is 7.43.